The molecule has 10 nitrogen and oxygen atoms in total. The van der Waals surface area contributed by atoms with Crippen LogP contribution < -0.4 is 20.9 Å². The van der Waals surface area contributed by atoms with E-state index in [1.807, 2.05) is 0 Å². The summed E-state index contributed by atoms with van der Waals surface area (Å²) in [4.78, 5) is 42.9. The Kier molecular flexibility index (Phi) is 5.96. The standard InChI is InChI=1S/C23H23FN4O6/c1-23(22(33)26-7-8-29)11-28-17-16(18(30)15(21(28)32)20(31)25-2)27-10-13(19(17)34-23)9-12-3-5-14(24)6-4-12/h3-6,10,29-30H,7-9,11H2,1-2H3,(H,25,31)(H,26,33)/t23-/m0/s1. The molecule has 34 heavy (non-hydrogen) atoms. The number of carbonyl (C=O) groups excluding carboxylic acids is 2. The number of aliphatic hydroxyl groups is 1. The Hall–Kier alpha value is -3.99. The second-order valence-electron chi connectivity index (χ2n) is 8.12. The molecule has 0 fully saturated rings. The van der Waals surface area contributed by atoms with Gasteiger partial charge in [0.15, 0.2) is 11.5 Å². The number of benzene rings is 1. The highest BCUT2D eigenvalue weighted by atomic mass is 19.1. The first kappa shape index (κ1) is 23.2. The summed E-state index contributed by atoms with van der Waals surface area (Å²) in [7, 11) is 1.32. The fourth-order valence-corrected chi connectivity index (χ4v) is 3.98. The van der Waals surface area contributed by atoms with Gasteiger partial charge in [-0.1, -0.05) is 12.1 Å². The summed E-state index contributed by atoms with van der Waals surface area (Å²) in [6.07, 6.45) is 1.65. The van der Waals surface area contributed by atoms with Gasteiger partial charge >= 0.3 is 0 Å². The van der Waals surface area contributed by atoms with E-state index in [0.29, 0.717) is 5.56 Å². The first-order valence-corrected chi connectivity index (χ1v) is 10.5. The zero-order chi connectivity index (χ0) is 24.6. The molecule has 1 aliphatic heterocycles. The topological polar surface area (TPSA) is 143 Å². The van der Waals surface area contributed by atoms with Crippen LogP contribution in [0.4, 0.5) is 4.39 Å². The molecule has 4 rings (SSSR count). The molecule has 4 N–H and O–H groups in total. The summed E-state index contributed by atoms with van der Waals surface area (Å²) in [5.41, 5.74) is -1.57. The Morgan fingerprint density at radius 1 is 1.29 bits per heavy atom. The number of aromatic hydroxyl groups is 1. The first-order valence-electron chi connectivity index (χ1n) is 10.5. The van der Waals surface area contributed by atoms with Crippen molar-refractivity contribution in [2.75, 3.05) is 20.2 Å². The van der Waals surface area contributed by atoms with Crippen LogP contribution in [-0.4, -0.2) is 57.4 Å². The van der Waals surface area contributed by atoms with Crippen LogP contribution in [0.3, 0.4) is 0 Å². The number of aliphatic hydroxyl groups excluding tert-OH is 1. The van der Waals surface area contributed by atoms with Crippen molar-refractivity contribution < 1.29 is 28.9 Å². The third-order valence-electron chi connectivity index (χ3n) is 5.70. The lowest BCUT2D eigenvalue weighted by Gasteiger charge is -2.36. The van der Waals surface area contributed by atoms with Gasteiger partial charge in [-0.25, -0.2) is 4.39 Å². The summed E-state index contributed by atoms with van der Waals surface area (Å²) >= 11 is 0. The molecular weight excluding hydrogens is 447 g/mol. The van der Waals surface area contributed by atoms with Gasteiger partial charge in [-0.2, -0.15) is 0 Å². The van der Waals surface area contributed by atoms with Crippen molar-refractivity contribution in [2.24, 2.45) is 0 Å². The van der Waals surface area contributed by atoms with E-state index in [2.05, 4.69) is 15.6 Å². The summed E-state index contributed by atoms with van der Waals surface area (Å²) in [6.45, 7) is 0.906. The van der Waals surface area contributed by atoms with Crippen LogP contribution in [0.2, 0.25) is 0 Å². The molecule has 0 bridgehead atoms. The van der Waals surface area contributed by atoms with Crippen LogP contribution in [0, 0.1) is 5.82 Å². The molecule has 0 saturated heterocycles. The van der Waals surface area contributed by atoms with E-state index in [4.69, 9.17) is 9.84 Å². The molecule has 0 aliphatic carbocycles. The number of pyridine rings is 2. The van der Waals surface area contributed by atoms with E-state index < -0.39 is 40.1 Å². The number of rotatable bonds is 6. The van der Waals surface area contributed by atoms with E-state index in [1.165, 1.54) is 36.9 Å². The van der Waals surface area contributed by atoms with Crippen LogP contribution in [-0.2, 0) is 17.8 Å². The molecular formula is C23H23FN4O6. The molecule has 3 heterocycles. The van der Waals surface area contributed by atoms with Crippen molar-refractivity contribution in [1.29, 1.82) is 0 Å². The minimum absolute atomic E-state index is 0.0210. The lowest BCUT2D eigenvalue weighted by atomic mass is 9.98. The number of aromatic nitrogens is 2. The molecule has 1 atom stereocenters. The Bertz CT molecular complexity index is 1350. The second kappa shape index (κ2) is 8.75. The minimum Gasteiger partial charge on any atom is -0.505 e. The van der Waals surface area contributed by atoms with Crippen molar-refractivity contribution in [3.05, 3.63) is 63.3 Å². The Morgan fingerprint density at radius 3 is 2.65 bits per heavy atom. The van der Waals surface area contributed by atoms with E-state index in [-0.39, 0.29) is 42.9 Å². The lowest BCUT2D eigenvalue weighted by molar-refractivity contribution is -0.137. The number of nitrogens with one attached hydrogen (secondary N) is 2. The fraction of sp³-hybridized carbons (Fsp3) is 0.304. The number of hydrogen-bond donors (Lipinski definition) is 4. The van der Waals surface area contributed by atoms with Gasteiger partial charge in [-0.3, -0.25) is 23.9 Å². The lowest BCUT2D eigenvalue weighted by Crippen LogP contribution is -2.55. The third-order valence-corrected chi connectivity index (χ3v) is 5.70. The summed E-state index contributed by atoms with van der Waals surface area (Å²) in [5.74, 6) is -2.23. The molecule has 1 aromatic carbocycles. The molecule has 2 amide bonds. The molecule has 0 radical (unpaired) electrons. The number of nitrogens with zero attached hydrogens (tertiary/aromatic N) is 2. The van der Waals surface area contributed by atoms with Gasteiger partial charge in [0.25, 0.3) is 17.4 Å². The van der Waals surface area contributed by atoms with Gasteiger partial charge in [0.1, 0.15) is 22.4 Å². The monoisotopic (exact) mass is 470 g/mol. The highest BCUT2D eigenvalue weighted by molar-refractivity contribution is 6.02. The van der Waals surface area contributed by atoms with Gasteiger partial charge in [0.05, 0.1) is 13.2 Å². The molecule has 178 valence electrons. The molecule has 0 unspecified atom stereocenters. The minimum atomic E-state index is -1.57. The zero-order valence-electron chi connectivity index (χ0n) is 18.5. The Balaban J connectivity index is 1.96. The van der Waals surface area contributed by atoms with Crippen molar-refractivity contribution in [3.63, 3.8) is 0 Å². The van der Waals surface area contributed by atoms with Gasteiger partial charge in [0.2, 0.25) is 5.60 Å². The largest absolute Gasteiger partial charge is 0.505 e. The molecule has 11 heteroatoms. The van der Waals surface area contributed by atoms with E-state index in [9.17, 15) is 23.9 Å². The molecule has 3 aromatic rings. The summed E-state index contributed by atoms with van der Waals surface area (Å²) < 4.78 is 20.7. The van der Waals surface area contributed by atoms with Crippen molar-refractivity contribution >= 4 is 22.8 Å². The predicted molar refractivity (Wildman–Crippen MR) is 119 cm³/mol. The number of halogens is 1. The molecule has 2 aromatic heterocycles. The normalized spacial score (nSPS) is 16.7. The number of ether oxygens (including phenoxy) is 1. The molecule has 0 spiro atoms. The SMILES string of the molecule is CNC(=O)c1c(O)c2ncc(Cc3ccc(F)cc3)c3c2n(c1=O)C[C@@](C)(C(=O)NCCO)O3. The van der Waals surface area contributed by atoms with Gasteiger partial charge in [-0.05, 0) is 24.6 Å². The number of hydrogen-bond acceptors (Lipinski definition) is 7. The first-order chi connectivity index (χ1) is 16.2. The number of carbonyl (C=O) groups is 2. The average molecular weight is 470 g/mol. The second-order valence-corrected chi connectivity index (χ2v) is 8.12. The summed E-state index contributed by atoms with van der Waals surface area (Å²) in [6, 6.07) is 5.78. The Morgan fingerprint density at radius 2 is 2.00 bits per heavy atom. The highest BCUT2D eigenvalue weighted by Gasteiger charge is 2.43. The van der Waals surface area contributed by atoms with Gasteiger partial charge in [0, 0.05) is 31.8 Å². The van der Waals surface area contributed by atoms with Crippen molar-refractivity contribution in [2.45, 2.75) is 25.5 Å². The van der Waals surface area contributed by atoms with Crippen LogP contribution in [0.15, 0.2) is 35.3 Å². The van der Waals surface area contributed by atoms with Crippen molar-refractivity contribution in [1.82, 2.24) is 20.2 Å². The van der Waals surface area contributed by atoms with Crippen LogP contribution >= 0.6 is 0 Å². The maximum atomic E-state index is 13.4. The van der Waals surface area contributed by atoms with Crippen LogP contribution in [0.1, 0.15) is 28.4 Å². The van der Waals surface area contributed by atoms with E-state index >= 15 is 0 Å². The summed E-state index contributed by atoms with van der Waals surface area (Å²) in [5, 5.41) is 24.7. The fourth-order valence-electron chi connectivity index (χ4n) is 3.98. The average Bonchev–Trinajstić information content (AvgIpc) is 2.82. The highest BCUT2D eigenvalue weighted by Crippen LogP contribution is 2.40. The number of amides is 2. The van der Waals surface area contributed by atoms with E-state index in [1.54, 1.807) is 12.1 Å². The predicted octanol–water partition coefficient (Wildman–Crippen LogP) is 0.451. The van der Waals surface area contributed by atoms with E-state index in [0.717, 1.165) is 5.56 Å². The van der Waals surface area contributed by atoms with Crippen LogP contribution in [0.5, 0.6) is 11.5 Å². The third kappa shape index (κ3) is 3.83. The molecule has 1 aliphatic rings. The van der Waals surface area contributed by atoms with Crippen molar-refractivity contribution in [3.8, 4) is 11.5 Å². The maximum Gasteiger partial charge on any atom is 0.268 e. The zero-order valence-corrected chi connectivity index (χ0v) is 18.5. The molecule has 0 saturated carbocycles. The Labute approximate surface area is 193 Å². The smallest absolute Gasteiger partial charge is 0.268 e. The maximum absolute atomic E-state index is 13.4. The quantitative estimate of drug-likeness (QED) is 0.410. The van der Waals surface area contributed by atoms with Crippen LogP contribution in [0.25, 0.3) is 11.0 Å². The van der Waals surface area contributed by atoms with Gasteiger partial charge < -0.3 is 25.6 Å². The van der Waals surface area contributed by atoms with Gasteiger partial charge in [-0.15, -0.1) is 0 Å².